The van der Waals surface area contributed by atoms with Crippen molar-refractivity contribution in [2.24, 2.45) is 0 Å². The van der Waals surface area contributed by atoms with Crippen molar-refractivity contribution in [1.29, 1.82) is 0 Å². The summed E-state index contributed by atoms with van der Waals surface area (Å²) in [6.07, 6.45) is 2.41. The predicted molar refractivity (Wildman–Crippen MR) is 115 cm³/mol. The SMILES string of the molecule is O=C(NC1CCOCC1F)N(c1cnc2c(c1)NCCO2)c1cc2ccccc2cn1. The van der Waals surface area contributed by atoms with Crippen molar-refractivity contribution in [2.45, 2.75) is 18.6 Å². The molecule has 3 aromatic rings. The van der Waals surface area contributed by atoms with Crippen LogP contribution < -0.4 is 20.3 Å². The number of carbonyl (C=O) groups excluding carboxylic acids is 1. The number of alkyl halides is 1. The number of benzene rings is 1. The van der Waals surface area contributed by atoms with Gasteiger partial charge in [-0.2, -0.15) is 0 Å². The number of hydrogen-bond acceptors (Lipinski definition) is 6. The van der Waals surface area contributed by atoms with Crippen LogP contribution in [0.25, 0.3) is 10.8 Å². The van der Waals surface area contributed by atoms with E-state index < -0.39 is 18.2 Å². The van der Waals surface area contributed by atoms with E-state index in [9.17, 15) is 9.18 Å². The standard InChI is InChI=1S/C22H22FN5O3/c23-17-13-30-7-5-18(17)27-22(29)28(16-10-19-21(26-12-16)31-8-6-24-19)20-9-14-3-1-2-4-15(14)11-25-20/h1-4,9-12,17-18,24H,5-8,13H2,(H,27,29). The number of hydrogen-bond donors (Lipinski definition) is 2. The van der Waals surface area contributed by atoms with Crippen LogP contribution in [0.15, 0.2) is 48.8 Å². The fraction of sp³-hybridized carbons (Fsp3) is 0.318. The van der Waals surface area contributed by atoms with Gasteiger partial charge in [0.1, 0.15) is 18.6 Å². The van der Waals surface area contributed by atoms with E-state index in [0.29, 0.717) is 49.3 Å². The van der Waals surface area contributed by atoms with E-state index in [1.165, 1.54) is 4.90 Å². The Labute approximate surface area is 178 Å². The Balaban J connectivity index is 1.53. The van der Waals surface area contributed by atoms with E-state index in [-0.39, 0.29) is 6.61 Å². The van der Waals surface area contributed by atoms with Gasteiger partial charge in [0, 0.05) is 24.7 Å². The van der Waals surface area contributed by atoms with E-state index in [1.807, 2.05) is 30.3 Å². The molecule has 0 saturated carbocycles. The third-order valence-electron chi connectivity index (χ3n) is 5.40. The minimum atomic E-state index is -1.26. The molecule has 2 unspecified atom stereocenters. The number of pyridine rings is 2. The van der Waals surface area contributed by atoms with Gasteiger partial charge in [0.15, 0.2) is 0 Å². The largest absolute Gasteiger partial charge is 0.474 e. The maximum atomic E-state index is 14.3. The van der Waals surface area contributed by atoms with Crippen LogP contribution in [0.1, 0.15) is 6.42 Å². The van der Waals surface area contributed by atoms with Gasteiger partial charge in [-0.1, -0.05) is 24.3 Å². The Morgan fingerprint density at radius 1 is 1.16 bits per heavy atom. The van der Waals surface area contributed by atoms with Crippen molar-refractivity contribution in [3.63, 3.8) is 0 Å². The number of anilines is 3. The second kappa shape index (κ2) is 8.35. The summed E-state index contributed by atoms with van der Waals surface area (Å²) in [6.45, 7) is 1.55. The molecule has 4 heterocycles. The van der Waals surface area contributed by atoms with Crippen LogP contribution in [-0.2, 0) is 4.74 Å². The van der Waals surface area contributed by atoms with Gasteiger partial charge in [-0.25, -0.2) is 24.1 Å². The van der Waals surface area contributed by atoms with Crippen molar-refractivity contribution in [3.8, 4) is 5.88 Å². The highest BCUT2D eigenvalue weighted by atomic mass is 19.1. The quantitative estimate of drug-likeness (QED) is 0.671. The number of urea groups is 1. The first-order chi connectivity index (χ1) is 15.2. The molecule has 31 heavy (non-hydrogen) atoms. The van der Waals surface area contributed by atoms with Crippen LogP contribution >= 0.6 is 0 Å². The summed E-state index contributed by atoms with van der Waals surface area (Å²) in [6, 6.07) is 10.3. The van der Waals surface area contributed by atoms with Gasteiger partial charge >= 0.3 is 6.03 Å². The smallest absolute Gasteiger partial charge is 0.328 e. The highest BCUT2D eigenvalue weighted by Gasteiger charge is 2.30. The minimum absolute atomic E-state index is 0.0270. The van der Waals surface area contributed by atoms with E-state index in [2.05, 4.69) is 20.6 Å². The second-order valence-electron chi connectivity index (χ2n) is 7.48. The number of amides is 2. The maximum Gasteiger partial charge on any atom is 0.328 e. The summed E-state index contributed by atoms with van der Waals surface area (Å²) in [7, 11) is 0. The lowest BCUT2D eigenvalue weighted by Crippen LogP contribution is -2.50. The maximum absolute atomic E-state index is 14.3. The molecule has 2 aliphatic rings. The minimum Gasteiger partial charge on any atom is -0.474 e. The average Bonchev–Trinajstić information content (AvgIpc) is 2.80. The van der Waals surface area contributed by atoms with Gasteiger partial charge in [-0.15, -0.1) is 0 Å². The number of nitrogens with one attached hydrogen (secondary N) is 2. The fourth-order valence-electron chi connectivity index (χ4n) is 3.78. The summed E-state index contributed by atoms with van der Waals surface area (Å²) in [5.74, 6) is 0.896. The molecule has 2 aliphatic heterocycles. The van der Waals surface area contributed by atoms with Crippen molar-refractivity contribution in [2.75, 3.05) is 36.6 Å². The van der Waals surface area contributed by atoms with Crippen molar-refractivity contribution in [1.82, 2.24) is 15.3 Å². The molecule has 0 radical (unpaired) electrons. The normalized spacial score (nSPS) is 20.3. The molecular weight excluding hydrogens is 401 g/mol. The number of halogens is 1. The topological polar surface area (TPSA) is 88.6 Å². The van der Waals surface area contributed by atoms with Crippen LogP contribution in [0.5, 0.6) is 5.88 Å². The summed E-state index contributed by atoms with van der Waals surface area (Å²) in [5.41, 5.74) is 1.19. The first kappa shape index (κ1) is 19.5. The highest BCUT2D eigenvalue weighted by Crippen LogP contribution is 2.33. The molecule has 1 fully saturated rings. The lowest BCUT2D eigenvalue weighted by Gasteiger charge is -2.30. The molecule has 160 valence electrons. The lowest BCUT2D eigenvalue weighted by molar-refractivity contribution is 0.0172. The zero-order valence-electron chi connectivity index (χ0n) is 16.8. The van der Waals surface area contributed by atoms with Gasteiger partial charge < -0.3 is 20.1 Å². The summed E-state index contributed by atoms with van der Waals surface area (Å²) in [5, 5.41) is 7.92. The molecule has 1 saturated heterocycles. The van der Waals surface area contributed by atoms with Gasteiger partial charge in [-0.05, 0) is 23.9 Å². The molecule has 9 heteroatoms. The molecule has 2 aromatic heterocycles. The number of aromatic nitrogens is 2. The number of rotatable bonds is 3. The van der Waals surface area contributed by atoms with Crippen LogP contribution in [0, 0.1) is 0 Å². The zero-order chi connectivity index (χ0) is 21.2. The third kappa shape index (κ3) is 3.96. The van der Waals surface area contributed by atoms with E-state index in [0.717, 1.165) is 10.8 Å². The monoisotopic (exact) mass is 423 g/mol. The van der Waals surface area contributed by atoms with Crippen molar-refractivity contribution >= 4 is 34.0 Å². The lowest BCUT2D eigenvalue weighted by atomic mass is 10.1. The summed E-state index contributed by atoms with van der Waals surface area (Å²) < 4.78 is 25.0. The number of carbonyl (C=O) groups is 1. The number of ether oxygens (including phenoxy) is 2. The Kier molecular flexibility index (Phi) is 5.25. The van der Waals surface area contributed by atoms with E-state index in [1.54, 1.807) is 18.5 Å². The van der Waals surface area contributed by atoms with Gasteiger partial charge in [0.05, 0.1) is 30.2 Å². The van der Waals surface area contributed by atoms with Gasteiger partial charge in [-0.3, -0.25) is 0 Å². The van der Waals surface area contributed by atoms with Gasteiger partial charge in [0.2, 0.25) is 5.88 Å². The molecule has 0 bridgehead atoms. The van der Waals surface area contributed by atoms with Crippen molar-refractivity contribution in [3.05, 3.63) is 48.8 Å². The zero-order valence-corrected chi connectivity index (χ0v) is 16.8. The Morgan fingerprint density at radius 2 is 2.03 bits per heavy atom. The molecule has 0 aliphatic carbocycles. The third-order valence-corrected chi connectivity index (χ3v) is 5.40. The first-order valence-electron chi connectivity index (χ1n) is 10.2. The van der Waals surface area contributed by atoms with E-state index >= 15 is 0 Å². The highest BCUT2D eigenvalue weighted by molar-refractivity contribution is 6.00. The van der Waals surface area contributed by atoms with Crippen LogP contribution in [0.4, 0.5) is 26.4 Å². The van der Waals surface area contributed by atoms with Crippen molar-refractivity contribution < 1.29 is 18.7 Å². The Morgan fingerprint density at radius 3 is 2.90 bits per heavy atom. The van der Waals surface area contributed by atoms with E-state index in [4.69, 9.17) is 9.47 Å². The second-order valence-corrected chi connectivity index (χ2v) is 7.48. The Bertz CT molecular complexity index is 1110. The molecule has 2 atom stereocenters. The summed E-state index contributed by atoms with van der Waals surface area (Å²) in [4.78, 5) is 23.6. The predicted octanol–water partition coefficient (Wildman–Crippen LogP) is 3.41. The van der Waals surface area contributed by atoms with Crippen LogP contribution in [0.2, 0.25) is 0 Å². The van der Waals surface area contributed by atoms with Crippen LogP contribution in [-0.4, -0.2) is 54.6 Å². The molecule has 2 amide bonds. The summed E-state index contributed by atoms with van der Waals surface area (Å²) >= 11 is 0. The molecule has 5 rings (SSSR count). The number of nitrogens with zero attached hydrogens (tertiary/aromatic N) is 3. The molecular formula is C22H22FN5O3. The van der Waals surface area contributed by atoms with Gasteiger partial charge in [0.25, 0.3) is 0 Å². The molecule has 0 spiro atoms. The fourth-order valence-corrected chi connectivity index (χ4v) is 3.78. The average molecular weight is 423 g/mol. The molecule has 2 N–H and O–H groups in total. The molecule has 1 aromatic carbocycles. The first-order valence-corrected chi connectivity index (χ1v) is 10.2. The van der Waals surface area contributed by atoms with Crippen LogP contribution in [0.3, 0.4) is 0 Å². The Hall–Kier alpha value is -3.46. The molecule has 8 nitrogen and oxygen atoms in total. The number of fused-ring (bicyclic) bond motifs is 2.